The van der Waals surface area contributed by atoms with Crippen molar-refractivity contribution in [2.24, 2.45) is 0 Å². The number of aryl methyl sites for hydroxylation is 1. The van der Waals surface area contributed by atoms with Crippen molar-refractivity contribution < 1.29 is 4.39 Å². The summed E-state index contributed by atoms with van der Waals surface area (Å²) in [6.45, 7) is 7.15. The Hall–Kier alpha value is -3.61. The van der Waals surface area contributed by atoms with Gasteiger partial charge in [-0.3, -0.25) is 4.98 Å². The SMILES string of the molecule is CC(C)N1CCC(c2nc3cc(-c4ccc(F)cc4Cl)nc(NCCCc4ccc(C#N)cn4)n3n2)CC1. The topological polar surface area (TPSA) is 95.0 Å². The zero-order valence-electron chi connectivity index (χ0n) is 21.5. The van der Waals surface area contributed by atoms with E-state index >= 15 is 0 Å². The molecule has 10 heteroatoms. The summed E-state index contributed by atoms with van der Waals surface area (Å²) in [7, 11) is 0. The van der Waals surface area contributed by atoms with Gasteiger partial charge in [0.25, 0.3) is 0 Å². The van der Waals surface area contributed by atoms with Gasteiger partial charge in [-0.05, 0) is 83.0 Å². The lowest BCUT2D eigenvalue weighted by Gasteiger charge is -2.33. The lowest BCUT2D eigenvalue weighted by molar-refractivity contribution is 0.169. The van der Waals surface area contributed by atoms with E-state index in [0.29, 0.717) is 46.0 Å². The minimum absolute atomic E-state index is 0.290. The molecule has 1 aliphatic rings. The zero-order valence-corrected chi connectivity index (χ0v) is 22.3. The van der Waals surface area contributed by atoms with Crippen LogP contribution in [0.3, 0.4) is 0 Å². The normalized spacial score (nSPS) is 14.7. The van der Waals surface area contributed by atoms with Gasteiger partial charge < -0.3 is 10.2 Å². The van der Waals surface area contributed by atoms with Crippen LogP contribution in [0, 0.1) is 17.1 Å². The van der Waals surface area contributed by atoms with Gasteiger partial charge in [-0.2, -0.15) is 9.78 Å². The van der Waals surface area contributed by atoms with Crippen LogP contribution in [0.2, 0.25) is 5.02 Å². The number of nitrogens with one attached hydrogen (secondary N) is 1. The Morgan fingerprint density at radius 1 is 1.16 bits per heavy atom. The molecule has 1 fully saturated rings. The highest BCUT2D eigenvalue weighted by molar-refractivity contribution is 6.33. The number of nitriles is 1. The third-order valence-electron chi connectivity index (χ3n) is 7.02. The van der Waals surface area contributed by atoms with Crippen LogP contribution < -0.4 is 5.32 Å². The summed E-state index contributed by atoms with van der Waals surface area (Å²) in [5.41, 5.74) is 3.38. The number of anilines is 1. The van der Waals surface area contributed by atoms with Gasteiger partial charge in [0, 0.05) is 42.0 Å². The smallest absolute Gasteiger partial charge is 0.226 e. The third-order valence-corrected chi connectivity index (χ3v) is 7.33. The Bertz CT molecular complexity index is 1450. The van der Waals surface area contributed by atoms with Crippen molar-refractivity contribution in [3.05, 3.63) is 70.5 Å². The number of halogens is 2. The monoisotopic (exact) mass is 532 g/mol. The van der Waals surface area contributed by atoms with Crippen molar-refractivity contribution in [2.45, 2.75) is 51.5 Å². The first-order valence-corrected chi connectivity index (χ1v) is 13.3. The Morgan fingerprint density at radius 2 is 1.97 bits per heavy atom. The molecule has 0 aliphatic carbocycles. The van der Waals surface area contributed by atoms with Crippen LogP contribution in [0.25, 0.3) is 16.9 Å². The summed E-state index contributed by atoms with van der Waals surface area (Å²) < 4.78 is 15.5. The molecule has 38 heavy (non-hydrogen) atoms. The molecule has 1 aliphatic heterocycles. The maximum absolute atomic E-state index is 13.7. The van der Waals surface area contributed by atoms with E-state index in [9.17, 15) is 4.39 Å². The van der Waals surface area contributed by atoms with Gasteiger partial charge in [0.15, 0.2) is 11.5 Å². The zero-order chi connectivity index (χ0) is 26.6. The van der Waals surface area contributed by atoms with E-state index < -0.39 is 5.82 Å². The summed E-state index contributed by atoms with van der Waals surface area (Å²) >= 11 is 6.37. The fourth-order valence-electron chi connectivity index (χ4n) is 4.81. The summed E-state index contributed by atoms with van der Waals surface area (Å²) in [5.74, 6) is 1.27. The molecular formula is C28H30ClFN8. The first-order chi connectivity index (χ1) is 18.4. The second kappa shape index (κ2) is 11.4. The number of hydrogen-bond donors (Lipinski definition) is 1. The van der Waals surface area contributed by atoms with Crippen LogP contribution in [0.4, 0.5) is 10.3 Å². The van der Waals surface area contributed by atoms with E-state index in [-0.39, 0.29) is 5.92 Å². The van der Waals surface area contributed by atoms with Crippen LogP contribution >= 0.6 is 11.6 Å². The van der Waals surface area contributed by atoms with Crippen LogP contribution in [-0.2, 0) is 6.42 Å². The van der Waals surface area contributed by atoms with Crippen molar-refractivity contribution in [3.63, 3.8) is 0 Å². The molecule has 0 amide bonds. The van der Waals surface area contributed by atoms with Gasteiger partial charge in [0.05, 0.1) is 16.3 Å². The van der Waals surface area contributed by atoms with Crippen LogP contribution in [0.1, 0.15) is 56.1 Å². The van der Waals surface area contributed by atoms with Gasteiger partial charge in [0.1, 0.15) is 11.9 Å². The molecule has 0 radical (unpaired) electrons. The number of benzene rings is 1. The number of pyridine rings is 1. The Balaban J connectivity index is 1.39. The predicted molar refractivity (Wildman–Crippen MR) is 146 cm³/mol. The van der Waals surface area contributed by atoms with Crippen LogP contribution in [0.5, 0.6) is 0 Å². The number of nitrogens with zero attached hydrogens (tertiary/aromatic N) is 7. The first kappa shape index (κ1) is 26.0. The number of hydrogen-bond acceptors (Lipinski definition) is 7. The minimum atomic E-state index is -0.396. The molecule has 4 heterocycles. The molecule has 0 saturated carbocycles. The van der Waals surface area contributed by atoms with Crippen LogP contribution in [0.15, 0.2) is 42.6 Å². The molecule has 0 spiro atoms. The lowest BCUT2D eigenvalue weighted by atomic mass is 9.95. The van der Waals surface area contributed by atoms with Gasteiger partial charge >= 0.3 is 0 Å². The van der Waals surface area contributed by atoms with Crippen molar-refractivity contribution in [1.82, 2.24) is 29.5 Å². The highest BCUT2D eigenvalue weighted by Gasteiger charge is 2.26. The Morgan fingerprint density at radius 3 is 2.66 bits per heavy atom. The second-order valence-corrected chi connectivity index (χ2v) is 10.3. The van der Waals surface area contributed by atoms with Crippen molar-refractivity contribution in [1.29, 1.82) is 5.26 Å². The first-order valence-electron chi connectivity index (χ1n) is 13.0. The molecule has 0 unspecified atom stereocenters. The molecule has 1 saturated heterocycles. The molecule has 1 N–H and O–H groups in total. The lowest BCUT2D eigenvalue weighted by Crippen LogP contribution is -2.38. The van der Waals surface area contributed by atoms with Gasteiger partial charge in [-0.1, -0.05) is 11.6 Å². The van der Waals surface area contributed by atoms with E-state index in [0.717, 1.165) is 50.3 Å². The minimum Gasteiger partial charge on any atom is -0.354 e. The van der Waals surface area contributed by atoms with Gasteiger partial charge in [-0.15, -0.1) is 5.10 Å². The Kier molecular flexibility index (Phi) is 7.82. The average Bonchev–Trinajstić information content (AvgIpc) is 3.36. The molecule has 196 valence electrons. The average molecular weight is 533 g/mol. The van der Waals surface area contributed by atoms with E-state index in [1.54, 1.807) is 22.8 Å². The summed E-state index contributed by atoms with van der Waals surface area (Å²) in [6, 6.07) is 12.4. The molecule has 3 aromatic heterocycles. The highest BCUT2D eigenvalue weighted by atomic mass is 35.5. The summed E-state index contributed by atoms with van der Waals surface area (Å²) in [6.07, 6.45) is 5.17. The highest BCUT2D eigenvalue weighted by Crippen LogP contribution is 2.31. The quantitative estimate of drug-likeness (QED) is 0.300. The molecule has 0 bridgehead atoms. The number of fused-ring (bicyclic) bond motifs is 1. The molecule has 5 rings (SSSR count). The van der Waals surface area contributed by atoms with Gasteiger partial charge in [-0.25, -0.2) is 14.4 Å². The van der Waals surface area contributed by atoms with Crippen LogP contribution in [-0.4, -0.2) is 55.1 Å². The third kappa shape index (κ3) is 5.77. The number of likely N-dealkylation sites (tertiary alicyclic amines) is 1. The predicted octanol–water partition coefficient (Wildman–Crippen LogP) is 5.48. The maximum Gasteiger partial charge on any atom is 0.226 e. The van der Waals surface area contributed by atoms with Crippen molar-refractivity contribution in [2.75, 3.05) is 25.0 Å². The largest absolute Gasteiger partial charge is 0.354 e. The number of piperidine rings is 1. The Labute approximate surface area is 226 Å². The summed E-state index contributed by atoms with van der Waals surface area (Å²) in [4.78, 5) is 16.5. The molecule has 4 aromatic rings. The molecule has 0 atom stereocenters. The summed E-state index contributed by atoms with van der Waals surface area (Å²) in [5, 5.41) is 17.5. The molecule has 8 nitrogen and oxygen atoms in total. The number of rotatable bonds is 8. The van der Waals surface area contributed by atoms with Crippen molar-refractivity contribution in [3.8, 4) is 17.3 Å². The maximum atomic E-state index is 13.7. The second-order valence-electron chi connectivity index (χ2n) is 9.91. The molecular weight excluding hydrogens is 503 g/mol. The standard InChI is InChI=1S/C28H30ClFN8/c1-18(2)37-12-9-20(10-13-37)27-35-26-15-25(23-8-6-21(30)14-24(23)29)34-28(38(26)36-27)32-11-3-4-22-7-5-19(16-31)17-33-22/h5-8,14-15,17-18,20H,3-4,9-13H2,1-2H3,(H,32,34). The number of aromatic nitrogens is 5. The van der Waals surface area contributed by atoms with E-state index in [4.69, 9.17) is 31.9 Å². The van der Waals surface area contributed by atoms with E-state index in [1.165, 1.54) is 12.1 Å². The van der Waals surface area contributed by atoms with E-state index in [1.807, 2.05) is 12.1 Å². The molecule has 1 aromatic carbocycles. The fourth-order valence-corrected chi connectivity index (χ4v) is 5.07. The fraction of sp³-hybridized carbons (Fsp3) is 0.393. The van der Waals surface area contributed by atoms with E-state index in [2.05, 4.69) is 35.1 Å². The van der Waals surface area contributed by atoms with Crippen molar-refractivity contribution >= 4 is 23.2 Å². The van der Waals surface area contributed by atoms with Gasteiger partial charge in [0.2, 0.25) is 5.95 Å².